The molecule has 4 atom stereocenters. The predicted molar refractivity (Wildman–Crippen MR) is 142 cm³/mol. The van der Waals surface area contributed by atoms with Gasteiger partial charge in [0.2, 0.25) is 17.6 Å². The van der Waals surface area contributed by atoms with Gasteiger partial charge in [-0.15, -0.1) is 22.7 Å². The van der Waals surface area contributed by atoms with Crippen LogP contribution in [0.2, 0.25) is 0 Å². The highest BCUT2D eigenvalue weighted by Gasteiger charge is 2.59. The first-order valence-electron chi connectivity index (χ1n) is 12.4. The largest absolute Gasteiger partial charge is 0.458 e. The number of carbonyl (C=O) groups excluding carboxylic acids is 3. The summed E-state index contributed by atoms with van der Waals surface area (Å²) >= 11 is 3.02. The van der Waals surface area contributed by atoms with Gasteiger partial charge in [0.1, 0.15) is 18.4 Å². The van der Waals surface area contributed by atoms with Gasteiger partial charge < -0.3 is 24.3 Å². The molecule has 4 unspecified atom stereocenters. The normalized spacial score (nSPS) is 24.0. The second-order valence-corrected chi connectivity index (χ2v) is 11.4. The van der Waals surface area contributed by atoms with Crippen molar-refractivity contribution < 1.29 is 23.5 Å². The maximum absolute atomic E-state index is 14.3. The first-order valence-corrected chi connectivity index (χ1v) is 14.2. The van der Waals surface area contributed by atoms with Crippen LogP contribution in [0.4, 0.5) is 0 Å². The van der Waals surface area contributed by atoms with E-state index in [1.54, 1.807) is 24.0 Å². The Kier molecular flexibility index (Phi) is 7.62. The molecule has 3 aromatic rings. The van der Waals surface area contributed by atoms with E-state index in [1.807, 2.05) is 40.8 Å². The number of methoxy groups -OCH3 is 1. The van der Waals surface area contributed by atoms with Crippen molar-refractivity contribution in [1.29, 1.82) is 0 Å². The number of furan rings is 1. The average molecular weight is 542 g/mol. The van der Waals surface area contributed by atoms with Crippen LogP contribution in [0.3, 0.4) is 0 Å². The summed E-state index contributed by atoms with van der Waals surface area (Å²) in [5, 5.41) is 7.20. The van der Waals surface area contributed by atoms with Gasteiger partial charge in [-0.05, 0) is 54.4 Å². The third-order valence-electron chi connectivity index (χ3n) is 7.23. The number of thiophene rings is 2. The molecule has 8 nitrogen and oxygen atoms in total. The maximum atomic E-state index is 14.3. The number of hydrogen-bond donors (Lipinski definition) is 1. The van der Waals surface area contributed by atoms with Crippen LogP contribution >= 0.6 is 22.7 Å². The summed E-state index contributed by atoms with van der Waals surface area (Å²) in [6.45, 7) is 6.11. The van der Waals surface area contributed by atoms with Gasteiger partial charge in [0.25, 0.3) is 0 Å². The Bertz CT molecular complexity index is 1260. The van der Waals surface area contributed by atoms with Crippen LogP contribution in [-0.2, 0) is 14.3 Å². The van der Waals surface area contributed by atoms with Gasteiger partial charge in [-0.1, -0.05) is 6.07 Å². The van der Waals surface area contributed by atoms with Crippen LogP contribution in [0.25, 0.3) is 0 Å². The summed E-state index contributed by atoms with van der Waals surface area (Å²) in [4.78, 5) is 47.6. The van der Waals surface area contributed by atoms with E-state index in [1.165, 1.54) is 29.8 Å². The zero-order valence-electron chi connectivity index (χ0n) is 21.1. The van der Waals surface area contributed by atoms with E-state index in [0.29, 0.717) is 31.9 Å². The topological polar surface area (TPSA) is 92.1 Å². The molecule has 2 aliphatic heterocycles. The minimum absolute atomic E-state index is 0.128. The van der Waals surface area contributed by atoms with Crippen LogP contribution in [-0.4, -0.2) is 73.3 Å². The lowest BCUT2D eigenvalue weighted by Gasteiger charge is -2.36. The summed E-state index contributed by atoms with van der Waals surface area (Å²) in [5.74, 6) is -0.963. The van der Waals surface area contributed by atoms with Crippen LogP contribution in [0.5, 0.6) is 0 Å². The minimum atomic E-state index is -0.838. The zero-order chi connectivity index (χ0) is 26.1. The highest BCUT2D eigenvalue weighted by atomic mass is 32.1. The fraction of sp³-hybridized carbons (Fsp3) is 0.444. The lowest BCUT2D eigenvalue weighted by Crippen LogP contribution is -2.55. The Morgan fingerprint density at radius 2 is 1.86 bits per heavy atom. The monoisotopic (exact) mass is 541 g/mol. The molecule has 0 aromatic carbocycles. The predicted octanol–water partition coefficient (Wildman–Crippen LogP) is 3.63. The average Bonchev–Trinajstić information content (AvgIpc) is 3.70. The van der Waals surface area contributed by atoms with E-state index in [4.69, 9.17) is 9.15 Å². The highest BCUT2D eigenvalue weighted by Crippen LogP contribution is 2.54. The van der Waals surface area contributed by atoms with Gasteiger partial charge in [-0.2, -0.15) is 0 Å². The number of carbonyl (C=O) groups is 3. The lowest BCUT2D eigenvalue weighted by atomic mass is 9.80. The van der Waals surface area contributed by atoms with Crippen molar-refractivity contribution >= 4 is 40.3 Å². The van der Waals surface area contributed by atoms with E-state index in [2.05, 4.69) is 5.32 Å². The molecule has 2 aliphatic rings. The molecule has 5 rings (SSSR count). The zero-order valence-corrected chi connectivity index (χ0v) is 22.8. The van der Waals surface area contributed by atoms with E-state index >= 15 is 0 Å². The van der Waals surface area contributed by atoms with Crippen LogP contribution in [0.15, 0.2) is 45.5 Å². The molecule has 37 heavy (non-hydrogen) atoms. The molecule has 0 spiro atoms. The molecular weight excluding hydrogens is 510 g/mol. The number of hydrogen-bond acceptors (Lipinski definition) is 8. The molecule has 0 aliphatic carbocycles. The van der Waals surface area contributed by atoms with Gasteiger partial charge in [-0.3, -0.25) is 14.4 Å². The number of nitrogens with zero attached hydrogens (tertiary/aromatic N) is 2. The Morgan fingerprint density at radius 3 is 2.46 bits per heavy atom. The second-order valence-electron chi connectivity index (χ2n) is 9.51. The number of Topliss-reactive ketones (excluding diaryl/α,β-unsaturated/α-hetero) is 1. The number of likely N-dealkylation sites (tertiary alicyclic amines) is 1. The van der Waals surface area contributed by atoms with Gasteiger partial charge >= 0.3 is 0 Å². The number of nitrogens with one attached hydrogen (secondary N) is 1. The molecule has 2 amide bonds. The molecule has 3 aromatic heterocycles. The van der Waals surface area contributed by atoms with Crippen molar-refractivity contribution in [3.05, 3.63) is 67.9 Å². The number of amides is 2. The molecule has 10 heteroatoms. The number of aryl methyl sites for hydroxylation is 2. The first kappa shape index (κ1) is 25.8. The second kappa shape index (κ2) is 10.9. The van der Waals surface area contributed by atoms with Crippen molar-refractivity contribution in [3.63, 3.8) is 0 Å². The van der Waals surface area contributed by atoms with E-state index < -0.39 is 23.9 Å². The molecule has 2 fully saturated rings. The first-order chi connectivity index (χ1) is 17.9. The third-order valence-corrected chi connectivity index (χ3v) is 9.29. The molecule has 196 valence electrons. The van der Waals surface area contributed by atoms with Gasteiger partial charge in [-0.25, -0.2) is 0 Å². The molecule has 0 bridgehead atoms. The third kappa shape index (κ3) is 4.79. The summed E-state index contributed by atoms with van der Waals surface area (Å²) in [6.07, 6.45) is 0. The molecule has 5 heterocycles. The Balaban J connectivity index is 1.72. The fourth-order valence-electron chi connectivity index (χ4n) is 5.61. The SMILES string of the molecule is COCC(=O)N1C(C(=O)N2CCNCC2)C(c2sccc2C)C(C(=O)c2ccc(C)o2)C1c1cccs1. The number of rotatable bonds is 7. The van der Waals surface area contributed by atoms with Crippen molar-refractivity contribution in [2.75, 3.05) is 39.9 Å². The number of ketones is 1. The Hall–Kier alpha value is -2.79. The Labute approximate surface area is 224 Å². The van der Waals surface area contributed by atoms with Gasteiger partial charge in [0.15, 0.2) is 5.76 Å². The highest BCUT2D eigenvalue weighted by molar-refractivity contribution is 7.10. The molecule has 0 radical (unpaired) electrons. The van der Waals surface area contributed by atoms with E-state index in [0.717, 1.165) is 15.3 Å². The molecule has 0 saturated carbocycles. The minimum Gasteiger partial charge on any atom is -0.458 e. The number of ether oxygens (including phenoxy) is 1. The van der Waals surface area contributed by atoms with E-state index in [-0.39, 0.29) is 30.0 Å². The van der Waals surface area contributed by atoms with Crippen molar-refractivity contribution in [2.45, 2.75) is 31.8 Å². The van der Waals surface area contributed by atoms with Gasteiger partial charge in [0.05, 0.1) is 12.0 Å². The van der Waals surface area contributed by atoms with E-state index in [9.17, 15) is 14.4 Å². The fourth-order valence-corrected chi connectivity index (χ4v) is 7.59. The smallest absolute Gasteiger partial charge is 0.249 e. The van der Waals surface area contributed by atoms with Gasteiger partial charge in [0, 0.05) is 49.0 Å². The van der Waals surface area contributed by atoms with Crippen molar-refractivity contribution in [2.24, 2.45) is 5.92 Å². The summed E-state index contributed by atoms with van der Waals surface area (Å²) in [7, 11) is 1.47. The quantitative estimate of drug-likeness (QED) is 0.460. The van der Waals surface area contributed by atoms with Crippen molar-refractivity contribution in [1.82, 2.24) is 15.1 Å². The maximum Gasteiger partial charge on any atom is 0.249 e. The summed E-state index contributed by atoms with van der Waals surface area (Å²) in [6, 6.07) is 7.85. The van der Waals surface area contributed by atoms with Crippen LogP contribution < -0.4 is 5.32 Å². The van der Waals surface area contributed by atoms with Crippen molar-refractivity contribution in [3.8, 4) is 0 Å². The lowest BCUT2D eigenvalue weighted by molar-refractivity contribution is -0.148. The summed E-state index contributed by atoms with van der Waals surface area (Å²) < 4.78 is 11.1. The van der Waals surface area contributed by atoms with Crippen LogP contribution in [0, 0.1) is 19.8 Å². The Morgan fingerprint density at radius 1 is 1.08 bits per heavy atom. The standard InChI is InChI=1S/C27H31N3O5S2/c1-16-8-14-37-26(16)22-21(25(32)18-7-6-17(2)35-18)23(19-5-4-13-36-19)30(20(31)15-34-3)24(22)27(33)29-11-9-28-10-12-29/h4-8,13-14,21-24,28H,9-12,15H2,1-3H3. The molecule has 1 N–H and O–H groups in total. The molecule has 2 saturated heterocycles. The van der Waals surface area contributed by atoms with Crippen LogP contribution in [0.1, 0.15) is 43.6 Å². The number of piperazine rings is 1. The summed E-state index contributed by atoms with van der Waals surface area (Å²) in [5.41, 5.74) is 1.01. The molecular formula is C27H31N3O5S2.